The van der Waals surface area contributed by atoms with Crippen molar-refractivity contribution in [3.63, 3.8) is 0 Å². The standard InChI is InChI=1S/C16H19BrN4/c17-14-1-2-16(20-12-14)19-11-13-5-9-21(10-6-13)15-3-7-18-8-4-15/h1-4,7-8,12-13H,5-6,9-11H2,(H,19,20). The van der Waals surface area contributed by atoms with Gasteiger partial charge in [-0.3, -0.25) is 4.98 Å². The van der Waals surface area contributed by atoms with Crippen molar-refractivity contribution < 1.29 is 0 Å². The van der Waals surface area contributed by atoms with Gasteiger partial charge in [-0.25, -0.2) is 4.98 Å². The van der Waals surface area contributed by atoms with Gasteiger partial charge in [-0.05, 0) is 59.0 Å². The van der Waals surface area contributed by atoms with E-state index in [4.69, 9.17) is 0 Å². The lowest BCUT2D eigenvalue weighted by Gasteiger charge is -2.33. The lowest BCUT2D eigenvalue weighted by atomic mass is 9.96. The monoisotopic (exact) mass is 346 g/mol. The third kappa shape index (κ3) is 3.94. The minimum Gasteiger partial charge on any atom is -0.371 e. The second-order valence-electron chi connectivity index (χ2n) is 5.38. The van der Waals surface area contributed by atoms with Gasteiger partial charge in [0.1, 0.15) is 5.82 Å². The molecule has 1 saturated heterocycles. The Morgan fingerprint density at radius 2 is 1.90 bits per heavy atom. The number of pyridine rings is 2. The Bertz CT molecular complexity index is 550. The molecule has 0 unspecified atom stereocenters. The molecule has 3 rings (SSSR count). The highest BCUT2D eigenvalue weighted by atomic mass is 79.9. The number of rotatable bonds is 4. The third-order valence-corrected chi connectivity index (χ3v) is 4.41. The molecular formula is C16H19BrN4. The van der Waals surface area contributed by atoms with Gasteiger partial charge in [0.05, 0.1) is 0 Å². The first kappa shape index (κ1) is 14.3. The first-order chi connectivity index (χ1) is 10.3. The van der Waals surface area contributed by atoms with E-state index < -0.39 is 0 Å². The van der Waals surface area contributed by atoms with Crippen LogP contribution in [0.2, 0.25) is 0 Å². The summed E-state index contributed by atoms with van der Waals surface area (Å²) in [7, 11) is 0. The normalized spacial score (nSPS) is 16.0. The van der Waals surface area contributed by atoms with Crippen LogP contribution in [-0.2, 0) is 0 Å². The van der Waals surface area contributed by atoms with E-state index in [1.807, 2.05) is 30.7 Å². The second-order valence-corrected chi connectivity index (χ2v) is 6.29. The van der Waals surface area contributed by atoms with Crippen LogP contribution < -0.4 is 10.2 Å². The van der Waals surface area contributed by atoms with Crippen LogP contribution in [0.1, 0.15) is 12.8 Å². The van der Waals surface area contributed by atoms with Crippen molar-refractivity contribution in [1.29, 1.82) is 0 Å². The van der Waals surface area contributed by atoms with E-state index in [1.54, 1.807) is 0 Å². The summed E-state index contributed by atoms with van der Waals surface area (Å²) in [5, 5.41) is 3.44. The number of nitrogens with one attached hydrogen (secondary N) is 1. The Hall–Kier alpha value is -1.62. The quantitative estimate of drug-likeness (QED) is 0.918. The van der Waals surface area contributed by atoms with Gasteiger partial charge < -0.3 is 10.2 Å². The molecule has 2 aromatic rings. The largest absolute Gasteiger partial charge is 0.371 e. The van der Waals surface area contributed by atoms with E-state index >= 15 is 0 Å². The molecule has 1 aliphatic rings. The molecule has 0 amide bonds. The predicted octanol–water partition coefficient (Wildman–Crippen LogP) is 3.57. The second kappa shape index (κ2) is 6.89. The van der Waals surface area contributed by atoms with Gasteiger partial charge in [0.25, 0.3) is 0 Å². The fourth-order valence-electron chi connectivity index (χ4n) is 2.68. The Balaban J connectivity index is 1.47. The maximum Gasteiger partial charge on any atom is 0.125 e. The molecule has 0 aliphatic carbocycles. The van der Waals surface area contributed by atoms with Crippen LogP contribution in [0.4, 0.5) is 11.5 Å². The van der Waals surface area contributed by atoms with Crippen LogP contribution in [0.25, 0.3) is 0 Å². The highest BCUT2D eigenvalue weighted by Crippen LogP contribution is 2.23. The molecule has 0 radical (unpaired) electrons. The predicted molar refractivity (Wildman–Crippen MR) is 89.6 cm³/mol. The number of anilines is 2. The van der Waals surface area contributed by atoms with Crippen LogP contribution in [0.5, 0.6) is 0 Å². The van der Waals surface area contributed by atoms with Crippen LogP contribution in [-0.4, -0.2) is 29.6 Å². The zero-order chi connectivity index (χ0) is 14.5. The first-order valence-corrected chi connectivity index (χ1v) is 8.11. The molecule has 0 bridgehead atoms. The van der Waals surface area contributed by atoms with Crippen molar-refractivity contribution >= 4 is 27.4 Å². The van der Waals surface area contributed by atoms with Crippen LogP contribution in [0, 0.1) is 5.92 Å². The molecule has 1 fully saturated rings. The number of nitrogens with zero attached hydrogens (tertiary/aromatic N) is 3. The molecule has 5 heteroatoms. The summed E-state index contributed by atoms with van der Waals surface area (Å²) in [6.07, 6.45) is 7.98. The fraction of sp³-hybridized carbons (Fsp3) is 0.375. The molecule has 110 valence electrons. The highest BCUT2D eigenvalue weighted by molar-refractivity contribution is 9.10. The minimum atomic E-state index is 0.716. The fourth-order valence-corrected chi connectivity index (χ4v) is 2.91. The van der Waals surface area contributed by atoms with E-state index in [1.165, 1.54) is 18.5 Å². The summed E-state index contributed by atoms with van der Waals surface area (Å²) < 4.78 is 1.01. The van der Waals surface area contributed by atoms with Crippen LogP contribution >= 0.6 is 15.9 Å². The summed E-state index contributed by atoms with van der Waals surface area (Å²) in [6, 6.07) is 8.20. The molecule has 0 saturated carbocycles. The third-order valence-electron chi connectivity index (χ3n) is 3.94. The average molecular weight is 347 g/mol. The molecule has 3 heterocycles. The topological polar surface area (TPSA) is 41.0 Å². The van der Waals surface area contributed by atoms with Gasteiger partial charge in [-0.2, -0.15) is 0 Å². The van der Waals surface area contributed by atoms with Crippen molar-refractivity contribution in [1.82, 2.24) is 9.97 Å². The van der Waals surface area contributed by atoms with Crippen molar-refractivity contribution in [2.45, 2.75) is 12.8 Å². The smallest absolute Gasteiger partial charge is 0.125 e. The lowest BCUT2D eigenvalue weighted by molar-refractivity contribution is 0.423. The summed E-state index contributed by atoms with van der Waals surface area (Å²) >= 11 is 3.40. The minimum absolute atomic E-state index is 0.716. The van der Waals surface area contributed by atoms with Gasteiger partial charge in [0, 0.05) is 48.4 Å². The molecule has 2 aromatic heterocycles. The van der Waals surface area contributed by atoms with E-state index in [9.17, 15) is 0 Å². The van der Waals surface area contributed by atoms with E-state index in [0.29, 0.717) is 5.92 Å². The molecule has 0 aromatic carbocycles. The summed E-state index contributed by atoms with van der Waals surface area (Å²) in [6.45, 7) is 3.23. The van der Waals surface area contributed by atoms with Crippen LogP contribution in [0.3, 0.4) is 0 Å². The number of hydrogen-bond acceptors (Lipinski definition) is 4. The SMILES string of the molecule is Brc1ccc(NCC2CCN(c3ccncc3)CC2)nc1. The van der Waals surface area contributed by atoms with Crippen molar-refractivity contribution in [2.24, 2.45) is 5.92 Å². The molecule has 1 N–H and O–H groups in total. The summed E-state index contributed by atoms with van der Waals surface area (Å²) in [4.78, 5) is 10.9. The maximum absolute atomic E-state index is 4.35. The molecular weight excluding hydrogens is 328 g/mol. The Kier molecular flexibility index (Phi) is 4.70. The molecule has 1 aliphatic heterocycles. The lowest BCUT2D eigenvalue weighted by Crippen LogP contribution is -2.35. The maximum atomic E-state index is 4.35. The number of hydrogen-bond donors (Lipinski definition) is 1. The van der Waals surface area contributed by atoms with Gasteiger partial charge >= 0.3 is 0 Å². The number of aromatic nitrogens is 2. The van der Waals surface area contributed by atoms with Crippen LogP contribution in [0.15, 0.2) is 47.3 Å². The Labute approximate surface area is 133 Å². The number of halogens is 1. The Morgan fingerprint density at radius 1 is 1.14 bits per heavy atom. The number of piperidine rings is 1. The zero-order valence-corrected chi connectivity index (χ0v) is 13.5. The highest BCUT2D eigenvalue weighted by Gasteiger charge is 2.19. The van der Waals surface area contributed by atoms with E-state index in [0.717, 1.165) is 29.9 Å². The van der Waals surface area contributed by atoms with Gasteiger partial charge in [0.2, 0.25) is 0 Å². The Morgan fingerprint density at radius 3 is 2.57 bits per heavy atom. The molecule has 21 heavy (non-hydrogen) atoms. The van der Waals surface area contributed by atoms with Crippen molar-refractivity contribution in [3.8, 4) is 0 Å². The van der Waals surface area contributed by atoms with Crippen molar-refractivity contribution in [2.75, 3.05) is 29.9 Å². The first-order valence-electron chi connectivity index (χ1n) is 7.31. The van der Waals surface area contributed by atoms with Crippen molar-refractivity contribution in [3.05, 3.63) is 47.3 Å². The van der Waals surface area contributed by atoms with E-state index in [-0.39, 0.29) is 0 Å². The van der Waals surface area contributed by atoms with Gasteiger partial charge in [-0.15, -0.1) is 0 Å². The zero-order valence-electron chi connectivity index (χ0n) is 11.9. The van der Waals surface area contributed by atoms with E-state index in [2.05, 4.69) is 48.2 Å². The molecule has 0 spiro atoms. The van der Waals surface area contributed by atoms with Gasteiger partial charge in [-0.1, -0.05) is 0 Å². The summed E-state index contributed by atoms with van der Waals surface area (Å²) in [5.41, 5.74) is 1.28. The molecule has 4 nitrogen and oxygen atoms in total. The molecule has 0 atom stereocenters. The van der Waals surface area contributed by atoms with Gasteiger partial charge in [0.15, 0.2) is 0 Å². The average Bonchev–Trinajstić information content (AvgIpc) is 2.56. The summed E-state index contributed by atoms with van der Waals surface area (Å²) in [5.74, 6) is 1.67.